The molecule has 23 heavy (non-hydrogen) atoms. The monoisotopic (exact) mass is 310 g/mol. The van der Waals surface area contributed by atoms with Gasteiger partial charge in [-0.2, -0.15) is 0 Å². The van der Waals surface area contributed by atoms with E-state index < -0.39 is 0 Å². The first-order valence-corrected chi connectivity index (χ1v) is 7.78. The van der Waals surface area contributed by atoms with Gasteiger partial charge in [0.1, 0.15) is 24.5 Å². The van der Waals surface area contributed by atoms with Crippen LogP contribution in [0.15, 0.2) is 42.0 Å². The van der Waals surface area contributed by atoms with Crippen molar-refractivity contribution < 1.29 is 13.9 Å². The molecule has 0 spiro atoms. The summed E-state index contributed by atoms with van der Waals surface area (Å²) in [4.78, 5) is 10.8. The van der Waals surface area contributed by atoms with Crippen molar-refractivity contribution in [1.82, 2.24) is 0 Å². The summed E-state index contributed by atoms with van der Waals surface area (Å²) in [5.41, 5.74) is 3.80. The molecule has 0 fully saturated rings. The number of ether oxygens (including phenoxy) is 1. The van der Waals surface area contributed by atoms with Gasteiger partial charge in [0.2, 0.25) is 0 Å². The van der Waals surface area contributed by atoms with Gasteiger partial charge in [-0.1, -0.05) is 38.1 Å². The van der Waals surface area contributed by atoms with Gasteiger partial charge in [-0.25, -0.2) is 4.39 Å². The van der Waals surface area contributed by atoms with E-state index in [0.717, 1.165) is 17.5 Å². The Bertz CT molecular complexity index is 758. The van der Waals surface area contributed by atoms with Gasteiger partial charge in [0.05, 0.1) is 5.56 Å². The highest BCUT2D eigenvalue weighted by Gasteiger charge is 2.17. The molecule has 2 aromatic rings. The molecule has 0 atom stereocenters. The molecule has 0 saturated heterocycles. The van der Waals surface area contributed by atoms with Crippen LogP contribution in [-0.4, -0.2) is 12.9 Å². The fourth-order valence-electron chi connectivity index (χ4n) is 2.78. The molecule has 0 bridgehead atoms. The van der Waals surface area contributed by atoms with Crippen LogP contribution in [0, 0.1) is 11.7 Å². The van der Waals surface area contributed by atoms with Crippen molar-refractivity contribution in [2.24, 2.45) is 5.92 Å². The van der Waals surface area contributed by atoms with Gasteiger partial charge >= 0.3 is 0 Å². The Morgan fingerprint density at radius 3 is 2.57 bits per heavy atom. The Hall–Kier alpha value is -2.42. The van der Waals surface area contributed by atoms with Gasteiger partial charge in [0.15, 0.2) is 0 Å². The van der Waals surface area contributed by atoms with Crippen LogP contribution in [-0.2, 0) is 11.2 Å². The summed E-state index contributed by atoms with van der Waals surface area (Å²) in [6, 6.07) is 11.5. The van der Waals surface area contributed by atoms with Crippen LogP contribution < -0.4 is 4.74 Å². The molecule has 0 amide bonds. The number of hydrogen-bond acceptors (Lipinski definition) is 2. The molecule has 0 aromatic heterocycles. The fourth-order valence-corrected chi connectivity index (χ4v) is 2.78. The summed E-state index contributed by atoms with van der Waals surface area (Å²) in [7, 11) is 0. The van der Waals surface area contributed by atoms with E-state index in [9.17, 15) is 9.18 Å². The van der Waals surface area contributed by atoms with Crippen molar-refractivity contribution in [2.45, 2.75) is 20.3 Å². The summed E-state index contributed by atoms with van der Waals surface area (Å²) >= 11 is 0. The molecule has 1 heterocycles. The predicted octanol–water partition coefficient (Wildman–Crippen LogP) is 4.67. The quantitative estimate of drug-likeness (QED) is 0.767. The van der Waals surface area contributed by atoms with Crippen molar-refractivity contribution in [3.63, 3.8) is 0 Å². The smallest absolute Gasteiger partial charge is 0.149 e. The first-order valence-electron chi connectivity index (χ1n) is 7.78. The van der Waals surface area contributed by atoms with Crippen molar-refractivity contribution in [3.05, 3.63) is 58.9 Å². The highest BCUT2D eigenvalue weighted by atomic mass is 19.1. The van der Waals surface area contributed by atoms with Crippen molar-refractivity contribution in [3.8, 4) is 16.9 Å². The molecule has 2 nitrogen and oxygen atoms in total. The largest absolute Gasteiger partial charge is 0.488 e. The minimum Gasteiger partial charge on any atom is -0.488 e. The molecule has 3 rings (SSSR count). The highest BCUT2D eigenvalue weighted by molar-refractivity contribution is 5.85. The lowest BCUT2D eigenvalue weighted by atomic mass is 9.97. The summed E-state index contributed by atoms with van der Waals surface area (Å²) in [5.74, 6) is 0.717. The molecular weight excluding hydrogens is 291 g/mol. The van der Waals surface area contributed by atoms with Gasteiger partial charge in [-0.05, 0) is 47.2 Å². The number of carbonyl (C=O) groups is 1. The van der Waals surface area contributed by atoms with Crippen molar-refractivity contribution >= 4 is 12.4 Å². The Morgan fingerprint density at radius 1 is 1.17 bits per heavy atom. The van der Waals surface area contributed by atoms with Crippen LogP contribution in [0.25, 0.3) is 17.2 Å². The number of hydrogen-bond donors (Lipinski definition) is 0. The molecule has 118 valence electrons. The number of halogens is 1. The predicted molar refractivity (Wildman–Crippen MR) is 89.9 cm³/mol. The van der Waals surface area contributed by atoms with Crippen molar-refractivity contribution in [2.75, 3.05) is 6.61 Å². The summed E-state index contributed by atoms with van der Waals surface area (Å²) < 4.78 is 19.8. The van der Waals surface area contributed by atoms with E-state index in [1.807, 2.05) is 18.2 Å². The second kappa shape index (κ2) is 6.37. The third-order valence-electron chi connectivity index (χ3n) is 3.90. The summed E-state index contributed by atoms with van der Waals surface area (Å²) in [6.07, 6.45) is 3.28. The van der Waals surface area contributed by atoms with E-state index in [1.165, 1.54) is 11.6 Å². The second-order valence-electron chi connectivity index (χ2n) is 6.29. The van der Waals surface area contributed by atoms with E-state index in [4.69, 9.17) is 4.74 Å². The number of benzene rings is 2. The number of carbonyl (C=O) groups excluding carboxylic acids is 1. The lowest BCUT2D eigenvalue weighted by Crippen LogP contribution is -2.09. The zero-order chi connectivity index (χ0) is 16.4. The van der Waals surface area contributed by atoms with Gasteiger partial charge in [0, 0.05) is 5.57 Å². The zero-order valence-electron chi connectivity index (χ0n) is 13.3. The molecule has 0 unspecified atom stereocenters. The average molecular weight is 310 g/mol. The van der Waals surface area contributed by atoms with Crippen LogP contribution in [0.5, 0.6) is 5.75 Å². The molecule has 0 aliphatic carbocycles. The van der Waals surface area contributed by atoms with Gasteiger partial charge in [-0.3, -0.25) is 4.79 Å². The van der Waals surface area contributed by atoms with Crippen LogP contribution in [0.2, 0.25) is 0 Å². The molecule has 2 aromatic carbocycles. The Kier molecular flexibility index (Phi) is 4.28. The van der Waals surface area contributed by atoms with Crippen LogP contribution in [0.3, 0.4) is 0 Å². The molecular formula is C20H19FO2. The first-order chi connectivity index (χ1) is 11.1. The van der Waals surface area contributed by atoms with Crippen LogP contribution in [0.1, 0.15) is 25.0 Å². The zero-order valence-corrected chi connectivity index (χ0v) is 13.3. The molecule has 0 saturated carbocycles. The molecule has 1 aliphatic rings. The lowest BCUT2D eigenvalue weighted by molar-refractivity contribution is -0.105. The van der Waals surface area contributed by atoms with Crippen LogP contribution in [0.4, 0.5) is 4.39 Å². The van der Waals surface area contributed by atoms with E-state index in [-0.39, 0.29) is 12.4 Å². The van der Waals surface area contributed by atoms with Crippen LogP contribution >= 0.6 is 0 Å². The minimum absolute atomic E-state index is 0.187. The van der Waals surface area contributed by atoms with E-state index >= 15 is 0 Å². The first kappa shape index (κ1) is 15.5. The van der Waals surface area contributed by atoms with Gasteiger partial charge in [0.25, 0.3) is 0 Å². The average Bonchev–Trinajstić information content (AvgIpc) is 2.54. The normalized spacial score (nSPS) is 13.3. The van der Waals surface area contributed by atoms with E-state index in [0.29, 0.717) is 29.1 Å². The molecule has 1 aliphatic heterocycles. The molecule has 0 N–H and O–H groups in total. The standard InChI is InChI=1S/C20H19FO2/c1-13(2)7-14-3-5-16(6-4-14)17-9-19(21)18-8-15(11-22)12-23-20(18)10-17/h3-6,8-11,13H,7,12H2,1-2H3. The van der Waals surface area contributed by atoms with E-state index in [2.05, 4.69) is 26.0 Å². The minimum atomic E-state index is -0.372. The number of aldehydes is 1. The third-order valence-corrected chi connectivity index (χ3v) is 3.90. The molecule has 0 radical (unpaired) electrons. The number of fused-ring (bicyclic) bond motifs is 1. The topological polar surface area (TPSA) is 26.3 Å². The fraction of sp³-hybridized carbons (Fsp3) is 0.250. The lowest BCUT2D eigenvalue weighted by Gasteiger charge is -2.17. The maximum Gasteiger partial charge on any atom is 0.149 e. The Balaban J connectivity index is 1.94. The van der Waals surface area contributed by atoms with Gasteiger partial charge < -0.3 is 4.74 Å². The second-order valence-corrected chi connectivity index (χ2v) is 6.29. The Morgan fingerprint density at radius 2 is 1.91 bits per heavy atom. The SMILES string of the molecule is CC(C)Cc1ccc(-c2cc(F)c3c(c2)OCC(C=O)=C3)cc1. The molecule has 3 heteroatoms. The highest BCUT2D eigenvalue weighted by Crippen LogP contribution is 2.33. The third kappa shape index (κ3) is 3.34. The maximum atomic E-state index is 14.3. The maximum absolute atomic E-state index is 14.3. The van der Waals surface area contributed by atoms with Gasteiger partial charge in [-0.15, -0.1) is 0 Å². The van der Waals surface area contributed by atoms with Crippen molar-refractivity contribution in [1.29, 1.82) is 0 Å². The Labute approximate surface area is 135 Å². The van der Waals surface area contributed by atoms with E-state index in [1.54, 1.807) is 6.08 Å². The summed E-state index contributed by atoms with van der Waals surface area (Å²) in [5, 5.41) is 0. The number of rotatable bonds is 4. The summed E-state index contributed by atoms with van der Waals surface area (Å²) in [6.45, 7) is 4.56.